The van der Waals surface area contributed by atoms with Crippen LogP contribution >= 0.6 is 11.6 Å². The summed E-state index contributed by atoms with van der Waals surface area (Å²) >= 11 is 5.99. The van der Waals surface area contributed by atoms with Crippen LogP contribution < -0.4 is 10.6 Å². The molecule has 0 aliphatic rings. The Morgan fingerprint density at radius 1 is 1.40 bits per heavy atom. The molecule has 3 aromatic rings. The molecule has 9 heteroatoms. The Hall–Kier alpha value is -2.74. The Morgan fingerprint density at radius 2 is 2.20 bits per heavy atom. The van der Waals surface area contributed by atoms with Gasteiger partial charge in [0.1, 0.15) is 11.7 Å². The van der Waals surface area contributed by atoms with Gasteiger partial charge in [-0.25, -0.2) is 19.3 Å². The highest BCUT2D eigenvalue weighted by Gasteiger charge is 2.17. The molecule has 0 saturated heterocycles. The Kier molecular flexibility index (Phi) is 4.80. The number of nitrogens with one attached hydrogen (secondary N) is 3. The van der Waals surface area contributed by atoms with Crippen LogP contribution in [0.1, 0.15) is 13.8 Å². The van der Waals surface area contributed by atoms with Crippen molar-refractivity contribution in [2.75, 3.05) is 11.9 Å². The number of rotatable bonds is 5. The van der Waals surface area contributed by atoms with Gasteiger partial charge >= 0.3 is 0 Å². The first-order valence-electron chi connectivity index (χ1n) is 7.69. The number of carbonyl (C=O) groups excluding carboxylic acids is 1. The lowest BCUT2D eigenvalue weighted by atomic mass is 10.2. The van der Waals surface area contributed by atoms with Gasteiger partial charge in [-0.15, -0.1) is 0 Å². The van der Waals surface area contributed by atoms with Crippen LogP contribution in [0.3, 0.4) is 0 Å². The van der Waals surface area contributed by atoms with Gasteiger partial charge < -0.3 is 15.6 Å². The molecular formula is C16H16ClFN6O. The second-order valence-corrected chi connectivity index (χ2v) is 5.84. The average molecular weight is 363 g/mol. The molecule has 0 radical (unpaired) electrons. The van der Waals surface area contributed by atoms with Gasteiger partial charge in [0, 0.05) is 29.9 Å². The summed E-state index contributed by atoms with van der Waals surface area (Å²) in [6.45, 7) is 3.93. The zero-order valence-corrected chi connectivity index (χ0v) is 14.4. The van der Waals surface area contributed by atoms with Crippen LogP contribution in [0.5, 0.6) is 0 Å². The zero-order valence-electron chi connectivity index (χ0n) is 13.6. The van der Waals surface area contributed by atoms with E-state index >= 15 is 0 Å². The Labute approximate surface area is 148 Å². The van der Waals surface area contributed by atoms with E-state index < -0.39 is 11.9 Å². The number of aromatic nitrogens is 4. The van der Waals surface area contributed by atoms with Gasteiger partial charge in [0.15, 0.2) is 17.5 Å². The summed E-state index contributed by atoms with van der Waals surface area (Å²) in [7, 11) is 0. The molecule has 0 bridgehead atoms. The Morgan fingerprint density at radius 3 is 2.96 bits per heavy atom. The maximum absolute atomic E-state index is 14.0. The summed E-state index contributed by atoms with van der Waals surface area (Å²) in [4.78, 5) is 27.2. The van der Waals surface area contributed by atoms with Crippen molar-refractivity contribution in [2.45, 2.75) is 19.9 Å². The van der Waals surface area contributed by atoms with E-state index in [4.69, 9.17) is 11.6 Å². The van der Waals surface area contributed by atoms with Gasteiger partial charge in [0.2, 0.25) is 5.91 Å². The third kappa shape index (κ3) is 3.53. The van der Waals surface area contributed by atoms with Gasteiger partial charge in [-0.05, 0) is 19.9 Å². The summed E-state index contributed by atoms with van der Waals surface area (Å²) in [6.07, 6.45) is 4.26. The smallest absolute Gasteiger partial charge is 0.242 e. The van der Waals surface area contributed by atoms with Crippen molar-refractivity contribution in [3.63, 3.8) is 0 Å². The maximum Gasteiger partial charge on any atom is 0.242 e. The number of hydrogen-bond acceptors (Lipinski definition) is 5. The van der Waals surface area contributed by atoms with E-state index in [9.17, 15) is 9.18 Å². The molecule has 0 aliphatic carbocycles. The topological polar surface area (TPSA) is 95.6 Å². The monoisotopic (exact) mass is 362 g/mol. The Bertz CT molecular complexity index is 928. The number of aromatic amines is 1. The number of pyridine rings is 1. The molecule has 0 saturated carbocycles. The van der Waals surface area contributed by atoms with Crippen molar-refractivity contribution in [3.05, 3.63) is 35.5 Å². The number of amides is 1. The van der Waals surface area contributed by atoms with Gasteiger partial charge in [0.25, 0.3) is 0 Å². The molecule has 3 N–H and O–H groups in total. The summed E-state index contributed by atoms with van der Waals surface area (Å²) in [5, 5.41) is 6.62. The molecule has 0 fully saturated rings. The first-order valence-corrected chi connectivity index (χ1v) is 8.07. The van der Waals surface area contributed by atoms with Crippen molar-refractivity contribution in [2.24, 2.45) is 0 Å². The minimum absolute atomic E-state index is 0.0481. The lowest BCUT2D eigenvalue weighted by molar-refractivity contribution is -0.121. The molecule has 7 nitrogen and oxygen atoms in total. The number of halogens is 2. The first-order chi connectivity index (χ1) is 12.0. The fourth-order valence-electron chi connectivity index (χ4n) is 2.36. The summed E-state index contributed by atoms with van der Waals surface area (Å²) in [5.74, 6) is -0.642. The second-order valence-electron chi connectivity index (χ2n) is 5.40. The number of H-pyrrole nitrogens is 1. The number of likely N-dealkylation sites (N-methyl/N-ethyl adjacent to an activating group) is 1. The molecule has 0 aliphatic heterocycles. The van der Waals surface area contributed by atoms with E-state index in [1.165, 1.54) is 6.20 Å². The Balaban J connectivity index is 1.95. The normalized spacial score (nSPS) is 12.2. The predicted octanol–water partition coefficient (Wildman–Crippen LogP) is 2.75. The number of carbonyl (C=O) groups is 1. The molecule has 25 heavy (non-hydrogen) atoms. The largest absolute Gasteiger partial charge is 0.356 e. The molecular weight excluding hydrogens is 347 g/mol. The molecule has 3 aromatic heterocycles. The fraction of sp³-hybridized carbons (Fsp3) is 0.250. The van der Waals surface area contributed by atoms with Crippen LogP contribution in [0.4, 0.5) is 10.2 Å². The van der Waals surface area contributed by atoms with Crippen molar-refractivity contribution in [3.8, 4) is 11.4 Å². The molecule has 0 aromatic carbocycles. The van der Waals surface area contributed by atoms with Crippen molar-refractivity contribution in [1.29, 1.82) is 0 Å². The highest BCUT2D eigenvalue weighted by Crippen LogP contribution is 2.28. The maximum atomic E-state index is 14.0. The minimum atomic E-state index is -0.643. The average Bonchev–Trinajstić information content (AvgIpc) is 3.00. The lowest BCUT2D eigenvalue weighted by Gasteiger charge is -2.14. The van der Waals surface area contributed by atoms with Crippen LogP contribution in [0.25, 0.3) is 22.4 Å². The molecule has 0 spiro atoms. The van der Waals surface area contributed by atoms with Crippen LogP contribution in [0.15, 0.2) is 24.7 Å². The summed E-state index contributed by atoms with van der Waals surface area (Å²) in [6, 6.07) is 1.09. The number of anilines is 1. The second kappa shape index (κ2) is 7.02. The van der Waals surface area contributed by atoms with E-state index in [-0.39, 0.29) is 11.7 Å². The van der Waals surface area contributed by atoms with Gasteiger partial charge in [-0.2, -0.15) is 0 Å². The molecule has 3 rings (SSSR count). The minimum Gasteiger partial charge on any atom is -0.356 e. The third-order valence-electron chi connectivity index (χ3n) is 3.58. The van der Waals surface area contributed by atoms with Crippen molar-refractivity contribution >= 4 is 34.4 Å². The first kappa shape index (κ1) is 17.1. The number of fused-ring (bicyclic) bond motifs is 1. The van der Waals surface area contributed by atoms with Crippen LogP contribution in [0, 0.1) is 5.82 Å². The molecule has 1 unspecified atom stereocenters. The summed E-state index contributed by atoms with van der Waals surface area (Å²) < 4.78 is 14.0. The fourth-order valence-corrected chi connectivity index (χ4v) is 2.52. The standard InChI is InChI=1S/C16H16ClFN6O/c1-3-19-16(25)8(2)23-15-12(18)7-22-14(24-15)11-6-21-13-10(11)4-9(17)5-20-13/h4-8H,3H2,1-2H3,(H,19,25)(H,20,21)(H,22,23,24). The van der Waals surface area contributed by atoms with E-state index in [2.05, 4.69) is 30.6 Å². The van der Waals surface area contributed by atoms with Crippen molar-refractivity contribution in [1.82, 2.24) is 25.3 Å². The predicted molar refractivity (Wildman–Crippen MR) is 93.9 cm³/mol. The van der Waals surface area contributed by atoms with E-state index in [0.29, 0.717) is 28.6 Å². The van der Waals surface area contributed by atoms with Gasteiger partial charge in [0.05, 0.1) is 11.2 Å². The van der Waals surface area contributed by atoms with Crippen LogP contribution in [-0.4, -0.2) is 38.4 Å². The molecule has 1 atom stereocenters. The van der Waals surface area contributed by atoms with E-state index in [1.807, 2.05) is 6.92 Å². The highest BCUT2D eigenvalue weighted by atomic mass is 35.5. The van der Waals surface area contributed by atoms with Gasteiger partial charge in [-0.1, -0.05) is 11.6 Å². The number of nitrogens with zero attached hydrogens (tertiary/aromatic N) is 3. The van der Waals surface area contributed by atoms with Crippen LogP contribution in [-0.2, 0) is 4.79 Å². The van der Waals surface area contributed by atoms with E-state index in [0.717, 1.165) is 11.6 Å². The zero-order chi connectivity index (χ0) is 18.0. The molecule has 3 heterocycles. The van der Waals surface area contributed by atoms with Crippen LogP contribution in [0.2, 0.25) is 5.02 Å². The van der Waals surface area contributed by atoms with E-state index in [1.54, 1.807) is 19.2 Å². The SMILES string of the molecule is CCNC(=O)C(C)Nc1nc(-c2c[nH]c3ncc(Cl)cc23)ncc1F. The quantitative estimate of drug-likeness (QED) is 0.648. The highest BCUT2D eigenvalue weighted by molar-refractivity contribution is 6.31. The summed E-state index contributed by atoms with van der Waals surface area (Å²) in [5.41, 5.74) is 1.26. The third-order valence-corrected chi connectivity index (χ3v) is 3.79. The van der Waals surface area contributed by atoms with Gasteiger partial charge in [-0.3, -0.25) is 4.79 Å². The number of hydrogen-bond donors (Lipinski definition) is 3. The lowest BCUT2D eigenvalue weighted by Crippen LogP contribution is -2.37. The molecule has 1 amide bonds. The molecule has 130 valence electrons. The van der Waals surface area contributed by atoms with Crippen molar-refractivity contribution < 1.29 is 9.18 Å².